The number of benzene rings is 4. The Morgan fingerprint density at radius 3 is 2.24 bits per heavy atom. The van der Waals surface area contributed by atoms with Crippen molar-refractivity contribution in [1.29, 1.82) is 0 Å². The van der Waals surface area contributed by atoms with Gasteiger partial charge in [0.05, 0.1) is 27.5 Å². The van der Waals surface area contributed by atoms with Crippen LogP contribution in [0.5, 0.6) is 0 Å². The fraction of sp³-hybridized carbons (Fsp3) is 0.226. The lowest BCUT2D eigenvalue weighted by molar-refractivity contribution is 0.320. The lowest BCUT2D eigenvalue weighted by Gasteiger charge is -2.30. The largest absolute Gasteiger partial charge is 0.268 e. The van der Waals surface area contributed by atoms with Crippen LogP contribution >= 0.6 is 0 Å². The Morgan fingerprint density at radius 2 is 1.47 bits per heavy atom. The quantitative estimate of drug-likeness (QED) is 0.207. The summed E-state index contributed by atoms with van der Waals surface area (Å²) in [5.41, 5.74) is 0.969. The minimum absolute atomic E-state index is 0.222. The molecule has 0 N–H and O–H groups in total. The van der Waals surface area contributed by atoms with Crippen molar-refractivity contribution in [3.05, 3.63) is 113 Å². The molecule has 194 valence electrons. The van der Waals surface area contributed by atoms with E-state index in [1.54, 1.807) is 28.8 Å². The number of hydrogen-bond acceptors (Lipinski definition) is 4. The first-order chi connectivity index (χ1) is 18.4. The lowest BCUT2D eigenvalue weighted by atomic mass is 10.1. The number of para-hydroxylation sites is 2. The predicted octanol–water partition coefficient (Wildman–Crippen LogP) is 6.48. The number of nitrogens with zero attached hydrogens (tertiary/aromatic N) is 3. The second-order valence-electron chi connectivity index (χ2n) is 9.44. The molecular formula is C31H31N3O3S. The fourth-order valence-corrected chi connectivity index (χ4v) is 6.82. The molecule has 5 rings (SSSR count). The molecule has 1 unspecified atom stereocenters. The summed E-state index contributed by atoms with van der Waals surface area (Å²) in [6.07, 6.45) is 2.55. The number of aromatic nitrogens is 2. The van der Waals surface area contributed by atoms with Crippen LogP contribution in [0.4, 0.5) is 0 Å². The Labute approximate surface area is 223 Å². The van der Waals surface area contributed by atoms with Gasteiger partial charge in [-0.05, 0) is 49.1 Å². The molecule has 0 fully saturated rings. The number of fused-ring (bicyclic) bond motifs is 2. The highest BCUT2D eigenvalue weighted by molar-refractivity contribution is 7.89. The molecule has 0 aliphatic rings. The maximum absolute atomic E-state index is 14.4. The van der Waals surface area contributed by atoms with E-state index < -0.39 is 16.1 Å². The molecule has 0 spiro atoms. The Bertz CT molecular complexity index is 1740. The Hall–Kier alpha value is -3.81. The smallest absolute Gasteiger partial charge is 0.266 e. The molecule has 5 aromatic rings. The molecule has 1 heterocycles. The Balaban J connectivity index is 1.73. The van der Waals surface area contributed by atoms with Gasteiger partial charge in [0.25, 0.3) is 5.56 Å². The average molecular weight is 526 g/mol. The van der Waals surface area contributed by atoms with Crippen molar-refractivity contribution in [2.24, 2.45) is 0 Å². The van der Waals surface area contributed by atoms with E-state index in [0.717, 1.165) is 18.2 Å². The lowest BCUT2D eigenvalue weighted by Crippen LogP contribution is -2.38. The van der Waals surface area contributed by atoms with Gasteiger partial charge in [-0.25, -0.2) is 13.4 Å². The number of sulfonamides is 1. The van der Waals surface area contributed by atoms with Gasteiger partial charge in [-0.2, -0.15) is 4.31 Å². The Morgan fingerprint density at radius 1 is 0.816 bits per heavy atom. The molecule has 38 heavy (non-hydrogen) atoms. The van der Waals surface area contributed by atoms with Crippen LogP contribution in [0.25, 0.3) is 27.4 Å². The van der Waals surface area contributed by atoms with Gasteiger partial charge in [-0.15, -0.1) is 0 Å². The van der Waals surface area contributed by atoms with Crippen molar-refractivity contribution >= 4 is 31.7 Å². The molecule has 0 saturated heterocycles. The van der Waals surface area contributed by atoms with Crippen LogP contribution in [-0.4, -0.2) is 28.8 Å². The van der Waals surface area contributed by atoms with E-state index in [2.05, 4.69) is 6.92 Å². The normalized spacial score (nSPS) is 12.8. The van der Waals surface area contributed by atoms with E-state index in [1.807, 2.05) is 79.7 Å². The summed E-state index contributed by atoms with van der Waals surface area (Å²) in [4.78, 5) is 18.9. The topological polar surface area (TPSA) is 72.3 Å². The van der Waals surface area contributed by atoms with Crippen LogP contribution in [0.1, 0.15) is 45.0 Å². The van der Waals surface area contributed by atoms with Gasteiger partial charge < -0.3 is 0 Å². The second kappa shape index (κ2) is 10.9. The summed E-state index contributed by atoms with van der Waals surface area (Å²) >= 11 is 0. The minimum Gasteiger partial charge on any atom is -0.268 e. The first-order valence-electron chi connectivity index (χ1n) is 13.0. The summed E-state index contributed by atoms with van der Waals surface area (Å²) in [6, 6.07) is 28.6. The summed E-state index contributed by atoms with van der Waals surface area (Å²) < 4.78 is 31.8. The standard InChI is InChI=1S/C31H31N3O3S/c1-3-4-12-22-33(38(36,37)29-21-13-15-24-14-8-9-18-26(24)29)23(2)30-32-28-20-11-10-19-27(28)31(35)34(30)25-16-6-5-7-17-25/h5-11,13-21,23H,3-4,12,22H2,1-2H3. The molecule has 0 amide bonds. The third-order valence-electron chi connectivity index (χ3n) is 6.94. The van der Waals surface area contributed by atoms with Gasteiger partial charge in [-0.1, -0.05) is 86.5 Å². The van der Waals surface area contributed by atoms with Gasteiger partial charge in [0.2, 0.25) is 10.0 Å². The van der Waals surface area contributed by atoms with Gasteiger partial charge in [-0.3, -0.25) is 9.36 Å². The van der Waals surface area contributed by atoms with E-state index in [9.17, 15) is 13.2 Å². The first-order valence-corrected chi connectivity index (χ1v) is 14.4. The van der Waals surface area contributed by atoms with E-state index >= 15 is 0 Å². The first kappa shape index (κ1) is 25.8. The van der Waals surface area contributed by atoms with Gasteiger partial charge in [0.15, 0.2) is 0 Å². The van der Waals surface area contributed by atoms with E-state index in [4.69, 9.17) is 4.98 Å². The Kier molecular flexibility index (Phi) is 7.40. The van der Waals surface area contributed by atoms with Crippen molar-refractivity contribution < 1.29 is 8.42 Å². The molecule has 6 nitrogen and oxygen atoms in total. The molecule has 0 aliphatic heterocycles. The summed E-state index contributed by atoms with van der Waals surface area (Å²) in [6.45, 7) is 4.23. The van der Waals surface area contributed by atoms with Crippen LogP contribution < -0.4 is 5.56 Å². The number of rotatable bonds is 9. The van der Waals surface area contributed by atoms with Crippen LogP contribution in [-0.2, 0) is 10.0 Å². The van der Waals surface area contributed by atoms with Gasteiger partial charge in [0.1, 0.15) is 5.82 Å². The van der Waals surface area contributed by atoms with Gasteiger partial charge >= 0.3 is 0 Å². The minimum atomic E-state index is -3.94. The molecule has 4 aromatic carbocycles. The zero-order valence-electron chi connectivity index (χ0n) is 21.6. The van der Waals surface area contributed by atoms with Crippen LogP contribution in [0.2, 0.25) is 0 Å². The molecular weight excluding hydrogens is 494 g/mol. The van der Waals surface area contributed by atoms with E-state index in [1.165, 1.54) is 4.31 Å². The van der Waals surface area contributed by atoms with Crippen molar-refractivity contribution in [2.75, 3.05) is 6.54 Å². The highest BCUT2D eigenvalue weighted by Crippen LogP contribution is 2.32. The maximum atomic E-state index is 14.4. The third-order valence-corrected chi connectivity index (χ3v) is 8.97. The average Bonchev–Trinajstić information content (AvgIpc) is 2.95. The molecule has 1 aromatic heterocycles. The van der Waals surface area contributed by atoms with Crippen LogP contribution in [0, 0.1) is 0 Å². The molecule has 7 heteroatoms. The van der Waals surface area contributed by atoms with Crippen molar-refractivity contribution in [1.82, 2.24) is 13.9 Å². The molecule has 0 aliphatic carbocycles. The van der Waals surface area contributed by atoms with Crippen LogP contribution in [0.15, 0.2) is 107 Å². The molecule has 0 radical (unpaired) electrons. The highest BCUT2D eigenvalue weighted by Gasteiger charge is 2.33. The summed E-state index contributed by atoms with van der Waals surface area (Å²) in [5, 5.41) is 2.02. The molecule has 1 atom stereocenters. The molecule has 0 bridgehead atoms. The zero-order chi connectivity index (χ0) is 26.7. The summed E-state index contributed by atoms with van der Waals surface area (Å²) in [7, 11) is -3.94. The highest BCUT2D eigenvalue weighted by atomic mass is 32.2. The zero-order valence-corrected chi connectivity index (χ0v) is 22.4. The van der Waals surface area contributed by atoms with Crippen molar-refractivity contribution in [2.45, 2.75) is 44.0 Å². The number of unbranched alkanes of at least 4 members (excludes halogenated alkanes) is 2. The monoisotopic (exact) mass is 525 g/mol. The van der Waals surface area contributed by atoms with E-state index in [0.29, 0.717) is 40.8 Å². The molecule has 0 saturated carbocycles. The van der Waals surface area contributed by atoms with Crippen LogP contribution in [0.3, 0.4) is 0 Å². The predicted molar refractivity (Wildman–Crippen MR) is 153 cm³/mol. The maximum Gasteiger partial charge on any atom is 0.266 e. The van der Waals surface area contributed by atoms with Gasteiger partial charge in [0, 0.05) is 11.9 Å². The van der Waals surface area contributed by atoms with Crippen molar-refractivity contribution in [3.63, 3.8) is 0 Å². The number of hydrogen-bond donors (Lipinski definition) is 0. The van der Waals surface area contributed by atoms with Crippen molar-refractivity contribution in [3.8, 4) is 5.69 Å². The second-order valence-corrected chi connectivity index (χ2v) is 11.3. The fourth-order valence-electron chi connectivity index (χ4n) is 4.97. The third kappa shape index (κ3) is 4.75. The summed E-state index contributed by atoms with van der Waals surface area (Å²) in [5.74, 6) is 0.389. The SMILES string of the molecule is CCCCCN(C(C)c1nc2ccccc2c(=O)n1-c1ccccc1)S(=O)(=O)c1cccc2ccccc12. The van der Waals surface area contributed by atoms with E-state index in [-0.39, 0.29) is 10.5 Å².